The van der Waals surface area contributed by atoms with Crippen LogP contribution in [0.1, 0.15) is 22.8 Å². The zero-order valence-electron chi connectivity index (χ0n) is 15.0. The highest BCUT2D eigenvalue weighted by atomic mass is 16.5. The summed E-state index contributed by atoms with van der Waals surface area (Å²) in [5, 5.41) is 2.91. The minimum Gasteiger partial charge on any atom is -0.493 e. The van der Waals surface area contributed by atoms with E-state index in [0.717, 1.165) is 17.5 Å². The lowest BCUT2D eigenvalue weighted by molar-refractivity contribution is -0.117. The van der Waals surface area contributed by atoms with E-state index in [-0.39, 0.29) is 12.0 Å². The third-order valence-electron chi connectivity index (χ3n) is 4.39. The molecule has 5 nitrogen and oxygen atoms in total. The van der Waals surface area contributed by atoms with Crippen molar-refractivity contribution in [2.24, 2.45) is 0 Å². The molecule has 1 aliphatic heterocycles. The average Bonchev–Trinajstić information content (AvgIpc) is 2.70. The fraction of sp³-hybridized carbons (Fsp3) is 0.286. The van der Waals surface area contributed by atoms with Crippen LogP contribution in [-0.4, -0.2) is 33.3 Å². The Hall–Kier alpha value is -2.79. The Balaban J connectivity index is 1.59. The van der Waals surface area contributed by atoms with E-state index in [2.05, 4.69) is 17.4 Å². The molecule has 0 fully saturated rings. The van der Waals surface area contributed by atoms with Crippen LogP contribution in [0.5, 0.6) is 11.5 Å². The molecule has 3 rings (SSSR count). The van der Waals surface area contributed by atoms with Gasteiger partial charge in [0.25, 0.3) is 0 Å². The number of carbonyl (C=O) groups excluding carboxylic acids is 1. The third kappa shape index (κ3) is 4.24. The van der Waals surface area contributed by atoms with E-state index in [1.54, 1.807) is 20.3 Å². The van der Waals surface area contributed by atoms with Crippen LogP contribution in [0, 0.1) is 0 Å². The fourth-order valence-electron chi connectivity index (χ4n) is 3.03. The number of hydrogen-bond acceptors (Lipinski definition) is 4. The van der Waals surface area contributed by atoms with Gasteiger partial charge in [-0.25, -0.2) is 0 Å². The Morgan fingerprint density at radius 2 is 2.00 bits per heavy atom. The molecule has 1 N–H and O–H groups in total. The van der Waals surface area contributed by atoms with Crippen molar-refractivity contribution in [2.75, 3.05) is 27.4 Å². The van der Waals surface area contributed by atoms with Gasteiger partial charge in [-0.05, 0) is 41.3 Å². The molecule has 0 saturated heterocycles. The van der Waals surface area contributed by atoms with Crippen molar-refractivity contribution >= 4 is 12.0 Å². The van der Waals surface area contributed by atoms with Crippen LogP contribution in [0.3, 0.4) is 0 Å². The van der Waals surface area contributed by atoms with Crippen LogP contribution in [0.25, 0.3) is 6.08 Å². The number of carbonyl (C=O) groups is 1. The van der Waals surface area contributed by atoms with Crippen LogP contribution in [0.2, 0.25) is 0 Å². The summed E-state index contributed by atoms with van der Waals surface area (Å²) in [6.45, 7) is 1.13. The van der Waals surface area contributed by atoms with E-state index in [1.807, 2.05) is 30.3 Å². The van der Waals surface area contributed by atoms with Crippen molar-refractivity contribution in [1.82, 2.24) is 5.32 Å². The molecule has 0 aliphatic carbocycles. The first-order valence-electron chi connectivity index (χ1n) is 8.58. The first-order valence-corrected chi connectivity index (χ1v) is 8.58. The maximum Gasteiger partial charge on any atom is 0.244 e. The molecular formula is C21H23NO4. The van der Waals surface area contributed by atoms with E-state index in [0.29, 0.717) is 24.7 Å². The monoisotopic (exact) mass is 353 g/mol. The lowest BCUT2D eigenvalue weighted by atomic mass is 9.97. The van der Waals surface area contributed by atoms with Crippen LogP contribution >= 0.6 is 0 Å². The Kier molecular flexibility index (Phi) is 5.92. The molecule has 0 aromatic heterocycles. The van der Waals surface area contributed by atoms with Crippen molar-refractivity contribution in [1.29, 1.82) is 0 Å². The summed E-state index contributed by atoms with van der Waals surface area (Å²) >= 11 is 0. The Labute approximate surface area is 153 Å². The fourth-order valence-corrected chi connectivity index (χ4v) is 3.03. The Morgan fingerprint density at radius 1 is 1.19 bits per heavy atom. The van der Waals surface area contributed by atoms with Crippen molar-refractivity contribution in [3.8, 4) is 11.5 Å². The molecule has 0 unspecified atom stereocenters. The van der Waals surface area contributed by atoms with Crippen molar-refractivity contribution in [3.63, 3.8) is 0 Å². The smallest absolute Gasteiger partial charge is 0.244 e. The number of ether oxygens (including phenoxy) is 3. The second-order valence-electron chi connectivity index (χ2n) is 6.00. The summed E-state index contributed by atoms with van der Waals surface area (Å²) in [6, 6.07) is 13.7. The zero-order valence-corrected chi connectivity index (χ0v) is 15.0. The van der Waals surface area contributed by atoms with E-state index in [9.17, 15) is 4.79 Å². The Bertz CT molecular complexity index is 800. The topological polar surface area (TPSA) is 56.8 Å². The minimum atomic E-state index is -0.161. The molecule has 136 valence electrons. The second kappa shape index (κ2) is 8.54. The van der Waals surface area contributed by atoms with Gasteiger partial charge in [-0.2, -0.15) is 0 Å². The zero-order chi connectivity index (χ0) is 18.4. The second-order valence-corrected chi connectivity index (χ2v) is 6.00. The predicted octanol–water partition coefficient (Wildman–Crippen LogP) is 3.15. The van der Waals surface area contributed by atoms with Gasteiger partial charge in [0.2, 0.25) is 5.91 Å². The maximum atomic E-state index is 12.1. The third-order valence-corrected chi connectivity index (χ3v) is 4.39. The number of fused-ring (bicyclic) bond motifs is 1. The van der Waals surface area contributed by atoms with E-state index in [1.165, 1.54) is 11.6 Å². The van der Waals surface area contributed by atoms with Gasteiger partial charge in [-0.1, -0.05) is 30.3 Å². The van der Waals surface area contributed by atoms with Crippen molar-refractivity contribution < 1.29 is 19.0 Å². The number of benzene rings is 2. The lowest BCUT2D eigenvalue weighted by Crippen LogP contribution is -2.30. The molecule has 0 radical (unpaired) electrons. The molecule has 1 heterocycles. The number of hydrogen-bond donors (Lipinski definition) is 1. The highest BCUT2D eigenvalue weighted by Gasteiger charge is 2.20. The first kappa shape index (κ1) is 18.0. The molecule has 5 heteroatoms. The van der Waals surface area contributed by atoms with Gasteiger partial charge in [0, 0.05) is 12.6 Å². The first-order chi connectivity index (χ1) is 12.7. The summed E-state index contributed by atoms with van der Waals surface area (Å²) in [5.41, 5.74) is 3.30. The summed E-state index contributed by atoms with van der Waals surface area (Å²) in [6.07, 6.45) is 4.07. The number of rotatable bonds is 6. The molecule has 0 spiro atoms. The quantitative estimate of drug-likeness (QED) is 0.811. The van der Waals surface area contributed by atoms with Crippen LogP contribution in [-0.2, 0) is 16.0 Å². The molecule has 1 atom stereocenters. The summed E-state index contributed by atoms with van der Waals surface area (Å²) in [4.78, 5) is 12.1. The summed E-state index contributed by atoms with van der Waals surface area (Å²) in [5.74, 6) is 1.12. The van der Waals surface area contributed by atoms with Crippen LogP contribution in [0.15, 0.2) is 48.5 Å². The summed E-state index contributed by atoms with van der Waals surface area (Å²) < 4.78 is 16.3. The lowest BCUT2D eigenvalue weighted by Gasteiger charge is -2.26. The maximum absolute atomic E-state index is 12.1. The molecule has 0 saturated carbocycles. The van der Waals surface area contributed by atoms with Gasteiger partial charge in [0.1, 0.15) is 6.10 Å². The predicted molar refractivity (Wildman–Crippen MR) is 100 cm³/mol. The summed E-state index contributed by atoms with van der Waals surface area (Å²) in [7, 11) is 3.17. The van der Waals surface area contributed by atoms with E-state index in [4.69, 9.17) is 14.2 Å². The molecule has 2 aromatic rings. The van der Waals surface area contributed by atoms with Crippen molar-refractivity contribution in [2.45, 2.75) is 12.5 Å². The molecule has 26 heavy (non-hydrogen) atoms. The normalized spacial score (nSPS) is 16.2. The highest BCUT2D eigenvalue weighted by molar-refractivity contribution is 5.91. The van der Waals surface area contributed by atoms with Gasteiger partial charge >= 0.3 is 0 Å². The number of nitrogens with one attached hydrogen (secondary N) is 1. The minimum absolute atomic E-state index is 0.0987. The molecule has 1 aliphatic rings. The van der Waals surface area contributed by atoms with Gasteiger partial charge in [0.15, 0.2) is 11.5 Å². The van der Waals surface area contributed by atoms with Gasteiger partial charge < -0.3 is 19.5 Å². The molecule has 2 aromatic carbocycles. The van der Waals surface area contributed by atoms with Gasteiger partial charge in [0.05, 0.1) is 20.8 Å². The van der Waals surface area contributed by atoms with Gasteiger partial charge in [-0.15, -0.1) is 0 Å². The highest BCUT2D eigenvalue weighted by Crippen LogP contribution is 2.28. The van der Waals surface area contributed by atoms with E-state index < -0.39 is 0 Å². The van der Waals surface area contributed by atoms with Crippen LogP contribution < -0.4 is 14.8 Å². The van der Waals surface area contributed by atoms with E-state index >= 15 is 0 Å². The number of amides is 1. The average molecular weight is 353 g/mol. The van der Waals surface area contributed by atoms with Crippen LogP contribution in [0.4, 0.5) is 0 Å². The largest absolute Gasteiger partial charge is 0.493 e. The number of methoxy groups -OCH3 is 2. The molecule has 1 amide bonds. The standard InChI is InChI=1S/C21H23NO4/c1-24-18-9-7-15(13-19(18)25-2)8-10-21(23)22-14-20-17-6-4-3-5-16(17)11-12-26-20/h3-10,13,20H,11-12,14H2,1-2H3,(H,22,23)/b10-8+/t20-/m0/s1. The van der Waals surface area contributed by atoms with Gasteiger partial charge in [-0.3, -0.25) is 4.79 Å². The molecular weight excluding hydrogens is 330 g/mol. The molecule has 0 bridgehead atoms. The Morgan fingerprint density at radius 3 is 2.81 bits per heavy atom. The van der Waals surface area contributed by atoms with Crippen molar-refractivity contribution in [3.05, 3.63) is 65.2 Å². The SMILES string of the molecule is COc1ccc(/C=C/C(=O)NC[C@@H]2OCCc3ccccc32)cc1OC.